The Morgan fingerprint density at radius 3 is 2.86 bits per heavy atom. The summed E-state index contributed by atoms with van der Waals surface area (Å²) in [5.41, 5.74) is 8.79. The Labute approximate surface area is 125 Å². The van der Waals surface area contributed by atoms with Crippen molar-refractivity contribution in [2.24, 2.45) is 5.73 Å². The summed E-state index contributed by atoms with van der Waals surface area (Å²) in [6.07, 6.45) is 3.39. The molecule has 110 valence electrons. The van der Waals surface area contributed by atoms with Crippen molar-refractivity contribution in [3.63, 3.8) is 0 Å². The van der Waals surface area contributed by atoms with Gasteiger partial charge in [0.1, 0.15) is 0 Å². The maximum atomic E-state index is 11.8. The Balaban J connectivity index is 2.00. The molecule has 1 amide bonds. The van der Waals surface area contributed by atoms with E-state index in [1.54, 1.807) is 6.20 Å². The van der Waals surface area contributed by atoms with Crippen LogP contribution in [0.25, 0.3) is 11.3 Å². The number of nitrogens with zero attached hydrogens (tertiary/aromatic N) is 1. The molecule has 0 spiro atoms. The van der Waals surface area contributed by atoms with Crippen molar-refractivity contribution in [1.29, 1.82) is 0 Å². The highest BCUT2D eigenvalue weighted by Gasteiger charge is 2.11. The topological polar surface area (TPSA) is 68.0 Å². The van der Waals surface area contributed by atoms with E-state index in [1.807, 2.05) is 49.4 Å². The number of hydrogen-bond acceptors (Lipinski definition) is 3. The zero-order valence-corrected chi connectivity index (χ0v) is 12.3. The zero-order chi connectivity index (χ0) is 15.1. The predicted molar refractivity (Wildman–Crippen MR) is 84.4 cm³/mol. The first kappa shape index (κ1) is 15.2. The van der Waals surface area contributed by atoms with E-state index in [9.17, 15) is 4.79 Å². The van der Waals surface area contributed by atoms with Crippen LogP contribution in [0.1, 0.15) is 25.3 Å². The van der Waals surface area contributed by atoms with Crippen LogP contribution in [-0.4, -0.2) is 16.9 Å². The standard InChI is InChI=1S/C17H21N3O/c1-2-6-15(18)17(21)20-12-13-7-5-8-14(11-13)16-9-3-4-10-19-16/h3-5,7-11,15H,2,6,12,18H2,1H3,(H,20,21). The molecule has 1 atom stereocenters. The lowest BCUT2D eigenvalue weighted by Crippen LogP contribution is -2.40. The van der Waals surface area contributed by atoms with E-state index in [0.717, 1.165) is 23.2 Å². The third-order valence-corrected chi connectivity index (χ3v) is 3.29. The second-order valence-electron chi connectivity index (χ2n) is 5.03. The third kappa shape index (κ3) is 4.39. The van der Waals surface area contributed by atoms with Gasteiger partial charge >= 0.3 is 0 Å². The Kier molecular flexibility index (Phi) is 5.46. The van der Waals surface area contributed by atoms with Crippen LogP contribution in [0.2, 0.25) is 0 Å². The van der Waals surface area contributed by atoms with E-state index in [4.69, 9.17) is 5.73 Å². The van der Waals surface area contributed by atoms with Gasteiger partial charge in [-0.2, -0.15) is 0 Å². The Bertz CT molecular complexity index is 584. The smallest absolute Gasteiger partial charge is 0.237 e. The minimum atomic E-state index is -0.422. The summed E-state index contributed by atoms with van der Waals surface area (Å²) in [6.45, 7) is 2.50. The Hall–Kier alpha value is -2.20. The monoisotopic (exact) mass is 283 g/mol. The van der Waals surface area contributed by atoms with Crippen molar-refractivity contribution >= 4 is 5.91 Å². The first-order valence-electron chi connectivity index (χ1n) is 7.24. The fourth-order valence-electron chi connectivity index (χ4n) is 2.14. The van der Waals surface area contributed by atoms with Crippen LogP contribution < -0.4 is 11.1 Å². The van der Waals surface area contributed by atoms with E-state index in [0.29, 0.717) is 13.0 Å². The fraction of sp³-hybridized carbons (Fsp3) is 0.294. The number of nitrogens with two attached hydrogens (primary N) is 1. The molecular formula is C17H21N3O. The number of pyridine rings is 1. The molecule has 4 nitrogen and oxygen atoms in total. The van der Waals surface area contributed by atoms with E-state index in [-0.39, 0.29) is 5.91 Å². The van der Waals surface area contributed by atoms with Crippen LogP contribution in [0.3, 0.4) is 0 Å². The lowest BCUT2D eigenvalue weighted by atomic mass is 10.1. The molecule has 0 radical (unpaired) electrons. The lowest BCUT2D eigenvalue weighted by Gasteiger charge is -2.11. The van der Waals surface area contributed by atoms with Gasteiger partial charge in [0.2, 0.25) is 5.91 Å². The van der Waals surface area contributed by atoms with Gasteiger partial charge in [0, 0.05) is 18.3 Å². The second-order valence-corrected chi connectivity index (χ2v) is 5.03. The quantitative estimate of drug-likeness (QED) is 0.856. The molecule has 0 aliphatic rings. The molecule has 0 aliphatic heterocycles. The van der Waals surface area contributed by atoms with Gasteiger partial charge in [-0.1, -0.05) is 37.6 Å². The second kappa shape index (κ2) is 7.55. The molecule has 3 N–H and O–H groups in total. The first-order chi connectivity index (χ1) is 10.2. The number of carbonyl (C=O) groups is 1. The number of aromatic nitrogens is 1. The summed E-state index contributed by atoms with van der Waals surface area (Å²) in [4.78, 5) is 16.1. The highest BCUT2D eigenvalue weighted by molar-refractivity contribution is 5.81. The molecule has 0 saturated heterocycles. The van der Waals surface area contributed by atoms with Gasteiger partial charge in [0.05, 0.1) is 11.7 Å². The molecule has 1 heterocycles. The van der Waals surface area contributed by atoms with Crippen molar-refractivity contribution in [3.05, 3.63) is 54.2 Å². The van der Waals surface area contributed by atoms with Crippen molar-refractivity contribution in [2.75, 3.05) is 0 Å². The number of carbonyl (C=O) groups excluding carboxylic acids is 1. The van der Waals surface area contributed by atoms with Gasteiger partial charge in [0.25, 0.3) is 0 Å². The molecular weight excluding hydrogens is 262 g/mol. The Morgan fingerprint density at radius 2 is 2.14 bits per heavy atom. The molecule has 1 unspecified atom stereocenters. The van der Waals surface area contributed by atoms with Gasteiger partial charge in [0.15, 0.2) is 0 Å². The molecule has 0 bridgehead atoms. The largest absolute Gasteiger partial charge is 0.351 e. The first-order valence-corrected chi connectivity index (χ1v) is 7.24. The maximum absolute atomic E-state index is 11.8. The van der Waals surface area contributed by atoms with Gasteiger partial charge in [-0.15, -0.1) is 0 Å². The summed E-state index contributed by atoms with van der Waals surface area (Å²) >= 11 is 0. The van der Waals surface area contributed by atoms with E-state index in [2.05, 4.69) is 10.3 Å². The zero-order valence-electron chi connectivity index (χ0n) is 12.3. The van der Waals surface area contributed by atoms with Crippen LogP contribution in [-0.2, 0) is 11.3 Å². The van der Waals surface area contributed by atoms with Crippen molar-refractivity contribution in [1.82, 2.24) is 10.3 Å². The molecule has 0 fully saturated rings. The van der Waals surface area contributed by atoms with Crippen molar-refractivity contribution in [3.8, 4) is 11.3 Å². The fourth-order valence-corrected chi connectivity index (χ4v) is 2.14. The van der Waals surface area contributed by atoms with Gasteiger partial charge < -0.3 is 11.1 Å². The maximum Gasteiger partial charge on any atom is 0.237 e. The van der Waals surface area contributed by atoms with Crippen LogP contribution in [0.5, 0.6) is 0 Å². The number of benzene rings is 1. The molecule has 2 aromatic rings. The van der Waals surface area contributed by atoms with Crippen molar-refractivity contribution in [2.45, 2.75) is 32.4 Å². The number of hydrogen-bond donors (Lipinski definition) is 2. The average molecular weight is 283 g/mol. The summed E-state index contributed by atoms with van der Waals surface area (Å²) in [6, 6.07) is 13.4. The van der Waals surface area contributed by atoms with Gasteiger partial charge in [-0.05, 0) is 30.2 Å². The van der Waals surface area contributed by atoms with E-state index in [1.165, 1.54) is 0 Å². The highest BCUT2D eigenvalue weighted by atomic mass is 16.2. The summed E-state index contributed by atoms with van der Waals surface area (Å²) in [5, 5.41) is 2.88. The van der Waals surface area contributed by atoms with Crippen LogP contribution in [0.15, 0.2) is 48.7 Å². The normalized spacial score (nSPS) is 11.9. The van der Waals surface area contributed by atoms with Gasteiger partial charge in [-0.3, -0.25) is 9.78 Å². The van der Waals surface area contributed by atoms with E-state index >= 15 is 0 Å². The minimum Gasteiger partial charge on any atom is -0.351 e. The SMILES string of the molecule is CCCC(N)C(=O)NCc1cccc(-c2ccccn2)c1. The van der Waals surface area contributed by atoms with Crippen LogP contribution >= 0.6 is 0 Å². The minimum absolute atomic E-state index is 0.0971. The summed E-state index contributed by atoms with van der Waals surface area (Å²) < 4.78 is 0. The molecule has 21 heavy (non-hydrogen) atoms. The molecule has 0 aliphatic carbocycles. The summed E-state index contributed by atoms with van der Waals surface area (Å²) in [5.74, 6) is -0.0971. The average Bonchev–Trinajstić information content (AvgIpc) is 2.54. The molecule has 4 heteroatoms. The number of nitrogens with one attached hydrogen (secondary N) is 1. The molecule has 0 saturated carbocycles. The third-order valence-electron chi connectivity index (χ3n) is 3.29. The van der Waals surface area contributed by atoms with Crippen LogP contribution in [0, 0.1) is 0 Å². The lowest BCUT2D eigenvalue weighted by molar-refractivity contribution is -0.122. The Morgan fingerprint density at radius 1 is 1.29 bits per heavy atom. The van der Waals surface area contributed by atoms with Gasteiger partial charge in [-0.25, -0.2) is 0 Å². The predicted octanol–water partition coefficient (Wildman–Crippen LogP) is 2.49. The van der Waals surface area contributed by atoms with Crippen molar-refractivity contribution < 1.29 is 4.79 Å². The molecule has 1 aromatic heterocycles. The van der Waals surface area contributed by atoms with Crippen LogP contribution in [0.4, 0.5) is 0 Å². The molecule has 2 rings (SSSR count). The number of amides is 1. The number of rotatable bonds is 6. The van der Waals surface area contributed by atoms with E-state index < -0.39 is 6.04 Å². The molecule has 1 aromatic carbocycles. The summed E-state index contributed by atoms with van der Waals surface area (Å²) in [7, 11) is 0. The highest BCUT2D eigenvalue weighted by Crippen LogP contribution is 2.17.